The van der Waals surface area contributed by atoms with Gasteiger partial charge in [0.15, 0.2) is 0 Å². The Kier molecular flexibility index (Phi) is 4.42. The number of halogens is 3. The van der Waals surface area contributed by atoms with Gasteiger partial charge in [0.2, 0.25) is 0 Å². The summed E-state index contributed by atoms with van der Waals surface area (Å²) < 4.78 is 1.92. The van der Waals surface area contributed by atoms with E-state index in [1.165, 1.54) is 0 Å². The fraction of sp³-hybridized carbons (Fsp3) is 0.222. The van der Waals surface area contributed by atoms with Gasteiger partial charge >= 0.3 is 0 Å². The normalized spacial score (nSPS) is 11.8. The summed E-state index contributed by atoms with van der Waals surface area (Å²) in [6.45, 7) is 1.98. The Hall–Kier alpha value is 0.140. The molecule has 0 N–H and O–H groups in total. The van der Waals surface area contributed by atoms with Crippen molar-refractivity contribution in [2.45, 2.75) is 6.92 Å². The number of nitrogens with zero attached hydrogens (tertiary/aromatic N) is 1. The molecule has 0 radical (unpaired) electrons. The van der Waals surface area contributed by atoms with E-state index in [1.807, 2.05) is 19.1 Å². The second kappa shape index (κ2) is 5.13. The molecular formula is C9H8Br2ClN. The number of hydrogen-bond acceptors (Lipinski definition) is 1. The average Bonchev–Trinajstić information content (AvgIpc) is 2.09. The molecule has 0 saturated carbocycles. The van der Waals surface area contributed by atoms with Crippen molar-refractivity contribution in [3.05, 3.63) is 32.5 Å². The molecule has 1 rings (SSSR count). The van der Waals surface area contributed by atoms with Crippen molar-refractivity contribution in [1.29, 1.82) is 0 Å². The van der Waals surface area contributed by atoms with E-state index in [-0.39, 0.29) is 0 Å². The lowest BCUT2D eigenvalue weighted by molar-refractivity contribution is 1.25. The molecule has 0 unspecified atom stereocenters. The van der Waals surface area contributed by atoms with Crippen LogP contribution in [0.1, 0.15) is 12.6 Å². The van der Waals surface area contributed by atoms with Gasteiger partial charge in [-0.05, 0) is 50.9 Å². The Labute approximate surface area is 99.5 Å². The van der Waals surface area contributed by atoms with Crippen molar-refractivity contribution < 1.29 is 0 Å². The number of rotatable bonds is 2. The standard InChI is InChI=1S/C9H8Br2ClN/c1-6(4-12)2-9-8(11)3-7(10)5-13-9/h2-3,5H,4H2,1H3/b6-2+. The molecule has 0 aromatic carbocycles. The van der Waals surface area contributed by atoms with E-state index in [0.29, 0.717) is 5.88 Å². The molecule has 0 aliphatic rings. The number of hydrogen-bond donors (Lipinski definition) is 0. The molecule has 4 heteroatoms. The van der Waals surface area contributed by atoms with Gasteiger partial charge in [-0.2, -0.15) is 0 Å². The highest BCUT2D eigenvalue weighted by Crippen LogP contribution is 2.21. The van der Waals surface area contributed by atoms with Crippen LogP contribution < -0.4 is 0 Å². The molecule has 1 heterocycles. The molecule has 0 fully saturated rings. The molecule has 0 spiro atoms. The van der Waals surface area contributed by atoms with Crippen molar-refractivity contribution in [2.75, 3.05) is 5.88 Å². The quantitative estimate of drug-likeness (QED) is 0.741. The largest absolute Gasteiger partial charge is 0.255 e. The van der Waals surface area contributed by atoms with Gasteiger partial charge in [0.05, 0.1) is 5.69 Å². The topological polar surface area (TPSA) is 12.9 Å². The fourth-order valence-electron chi connectivity index (χ4n) is 0.803. The van der Waals surface area contributed by atoms with Crippen LogP contribution in [0.25, 0.3) is 6.08 Å². The zero-order valence-electron chi connectivity index (χ0n) is 7.02. The van der Waals surface area contributed by atoms with Crippen LogP contribution in [0, 0.1) is 0 Å². The summed E-state index contributed by atoms with van der Waals surface area (Å²) in [4.78, 5) is 4.24. The van der Waals surface area contributed by atoms with Gasteiger partial charge < -0.3 is 0 Å². The minimum atomic E-state index is 0.532. The molecule has 0 atom stereocenters. The van der Waals surface area contributed by atoms with Crippen LogP contribution in [0.4, 0.5) is 0 Å². The monoisotopic (exact) mass is 323 g/mol. The number of pyridine rings is 1. The summed E-state index contributed by atoms with van der Waals surface area (Å²) >= 11 is 12.4. The van der Waals surface area contributed by atoms with Gasteiger partial charge in [0.1, 0.15) is 0 Å². The second-order valence-corrected chi connectivity index (χ2v) is 4.68. The minimum absolute atomic E-state index is 0.532. The maximum absolute atomic E-state index is 5.66. The molecule has 1 aromatic heterocycles. The second-order valence-electron chi connectivity index (χ2n) is 2.64. The average molecular weight is 325 g/mol. The summed E-state index contributed by atoms with van der Waals surface area (Å²) in [5, 5.41) is 0. The van der Waals surface area contributed by atoms with Gasteiger partial charge in [-0.25, -0.2) is 0 Å². The maximum Gasteiger partial charge on any atom is 0.0772 e. The lowest BCUT2D eigenvalue weighted by Crippen LogP contribution is -1.85. The predicted molar refractivity (Wildman–Crippen MR) is 64.0 cm³/mol. The van der Waals surface area contributed by atoms with E-state index < -0.39 is 0 Å². The highest BCUT2D eigenvalue weighted by Gasteiger charge is 1.99. The third-order valence-corrected chi connectivity index (χ3v) is 2.92. The summed E-state index contributed by atoms with van der Waals surface area (Å²) in [5.74, 6) is 0.532. The van der Waals surface area contributed by atoms with Crippen molar-refractivity contribution in [1.82, 2.24) is 4.98 Å². The van der Waals surface area contributed by atoms with Crippen molar-refractivity contribution in [3.8, 4) is 0 Å². The predicted octanol–water partition coefficient (Wildman–Crippen LogP) is 4.25. The highest BCUT2D eigenvalue weighted by atomic mass is 79.9. The number of aromatic nitrogens is 1. The summed E-state index contributed by atoms with van der Waals surface area (Å²) in [6.07, 6.45) is 3.72. The first-order valence-corrected chi connectivity index (χ1v) is 5.79. The first-order valence-electron chi connectivity index (χ1n) is 3.67. The van der Waals surface area contributed by atoms with Gasteiger partial charge in [0.25, 0.3) is 0 Å². The van der Waals surface area contributed by atoms with Crippen LogP contribution in [0.5, 0.6) is 0 Å². The molecule has 0 aliphatic carbocycles. The zero-order chi connectivity index (χ0) is 9.84. The lowest BCUT2D eigenvalue weighted by atomic mass is 10.2. The molecule has 0 saturated heterocycles. The van der Waals surface area contributed by atoms with Crippen LogP contribution in [0.3, 0.4) is 0 Å². The van der Waals surface area contributed by atoms with Crippen LogP contribution in [0.2, 0.25) is 0 Å². The van der Waals surface area contributed by atoms with Gasteiger partial charge in [-0.1, -0.05) is 5.57 Å². The Morgan fingerprint density at radius 1 is 1.62 bits per heavy atom. The van der Waals surface area contributed by atoms with Gasteiger partial charge in [-0.15, -0.1) is 11.6 Å². The van der Waals surface area contributed by atoms with E-state index in [1.54, 1.807) is 6.20 Å². The van der Waals surface area contributed by atoms with Gasteiger partial charge in [0, 0.05) is 21.0 Å². The lowest BCUT2D eigenvalue weighted by Gasteiger charge is -1.99. The summed E-state index contributed by atoms with van der Waals surface area (Å²) in [7, 11) is 0. The van der Waals surface area contributed by atoms with Crippen molar-refractivity contribution >= 4 is 49.5 Å². The third kappa shape index (κ3) is 3.41. The molecule has 1 nitrogen and oxygen atoms in total. The Morgan fingerprint density at radius 3 is 2.85 bits per heavy atom. The van der Waals surface area contributed by atoms with E-state index in [2.05, 4.69) is 36.8 Å². The summed E-state index contributed by atoms with van der Waals surface area (Å²) in [5.41, 5.74) is 2.00. The van der Waals surface area contributed by atoms with Crippen LogP contribution in [-0.4, -0.2) is 10.9 Å². The van der Waals surface area contributed by atoms with Crippen LogP contribution >= 0.6 is 43.5 Å². The van der Waals surface area contributed by atoms with E-state index in [0.717, 1.165) is 20.2 Å². The Balaban J connectivity index is 3.03. The smallest absolute Gasteiger partial charge is 0.0772 e. The maximum atomic E-state index is 5.66. The van der Waals surface area contributed by atoms with E-state index in [4.69, 9.17) is 11.6 Å². The number of allylic oxidation sites excluding steroid dienone is 1. The molecule has 0 aliphatic heterocycles. The fourth-order valence-corrected chi connectivity index (χ4v) is 1.98. The molecule has 70 valence electrons. The summed E-state index contributed by atoms with van der Waals surface area (Å²) in [6, 6.07) is 1.96. The molecule has 13 heavy (non-hydrogen) atoms. The Morgan fingerprint density at radius 2 is 2.31 bits per heavy atom. The first kappa shape index (κ1) is 11.2. The van der Waals surface area contributed by atoms with Crippen molar-refractivity contribution in [3.63, 3.8) is 0 Å². The first-order chi connectivity index (χ1) is 6.13. The SMILES string of the molecule is C/C(=C\c1ncc(Br)cc1Br)CCl. The highest BCUT2D eigenvalue weighted by molar-refractivity contribution is 9.11. The van der Waals surface area contributed by atoms with Gasteiger partial charge in [-0.3, -0.25) is 4.98 Å². The Bertz CT molecular complexity index is 336. The number of alkyl halides is 1. The minimum Gasteiger partial charge on any atom is -0.255 e. The molecular weight excluding hydrogens is 317 g/mol. The third-order valence-electron chi connectivity index (χ3n) is 1.43. The molecule has 0 bridgehead atoms. The van der Waals surface area contributed by atoms with E-state index >= 15 is 0 Å². The van der Waals surface area contributed by atoms with Crippen molar-refractivity contribution in [2.24, 2.45) is 0 Å². The zero-order valence-corrected chi connectivity index (χ0v) is 10.9. The van der Waals surface area contributed by atoms with E-state index in [9.17, 15) is 0 Å². The van der Waals surface area contributed by atoms with Crippen LogP contribution in [-0.2, 0) is 0 Å². The molecule has 1 aromatic rings. The molecule has 0 amide bonds. The van der Waals surface area contributed by atoms with Crippen LogP contribution in [0.15, 0.2) is 26.8 Å².